The van der Waals surface area contributed by atoms with Gasteiger partial charge >= 0.3 is 5.97 Å². The molecule has 0 aliphatic rings. The van der Waals surface area contributed by atoms with E-state index in [-0.39, 0.29) is 12.1 Å². The molecule has 3 aromatic rings. The van der Waals surface area contributed by atoms with Gasteiger partial charge in [-0.3, -0.25) is 0 Å². The molecule has 26 heavy (non-hydrogen) atoms. The molecular weight excluding hydrogens is 344 g/mol. The minimum atomic E-state index is -0.350. The first kappa shape index (κ1) is 18.5. The Balaban J connectivity index is 1.76. The fraction of sp³-hybridized carbons (Fsp3) is 0.261. The van der Waals surface area contributed by atoms with E-state index in [0.29, 0.717) is 16.5 Å². The number of fused-ring (bicyclic) bond motifs is 1. The fourth-order valence-electron chi connectivity index (χ4n) is 2.99. The van der Waals surface area contributed by atoms with Gasteiger partial charge in [0.15, 0.2) is 0 Å². The van der Waals surface area contributed by atoms with Crippen LogP contribution in [-0.4, -0.2) is 5.97 Å². The smallest absolute Gasteiger partial charge is 0.338 e. The molecule has 0 saturated carbocycles. The van der Waals surface area contributed by atoms with Gasteiger partial charge in [0.05, 0.1) is 5.56 Å². The van der Waals surface area contributed by atoms with Crippen LogP contribution in [-0.2, 0) is 4.74 Å². The SMILES string of the molecule is CCC(C)c1ccc(C(=O)OC(C)c2ccc3cccc(Cl)c3c2)cc1. The monoisotopic (exact) mass is 366 g/mol. The molecule has 2 atom stereocenters. The maximum atomic E-state index is 12.5. The first-order valence-corrected chi connectivity index (χ1v) is 9.36. The van der Waals surface area contributed by atoms with Crippen LogP contribution in [0.5, 0.6) is 0 Å². The number of carbonyl (C=O) groups excluding carboxylic acids is 1. The van der Waals surface area contributed by atoms with Gasteiger partial charge in [0.1, 0.15) is 6.10 Å². The third kappa shape index (κ3) is 3.91. The molecule has 2 unspecified atom stereocenters. The topological polar surface area (TPSA) is 26.3 Å². The van der Waals surface area contributed by atoms with Gasteiger partial charge in [-0.25, -0.2) is 4.79 Å². The summed E-state index contributed by atoms with van der Waals surface area (Å²) in [6.07, 6.45) is 0.725. The van der Waals surface area contributed by atoms with E-state index in [9.17, 15) is 4.79 Å². The standard InChI is InChI=1S/C23H23ClO2/c1-4-15(2)17-8-11-19(12-9-17)23(25)26-16(3)20-13-10-18-6-5-7-22(24)21(18)14-20/h5-16H,4H2,1-3H3. The molecule has 0 fully saturated rings. The van der Waals surface area contributed by atoms with Crippen molar-refractivity contribution < 1.29 is 9.53 Å². The largest absolute Gasteiger partial charge is 0.454 e. The van der Waals surface area contributed by atoms with E-state index >= 15 is 0 Å². The van der Waals surface area contributed by atoms with Gasteiger partial charge in [-0.2, -0.15) is 0 Å². The second kappa shape index (κ2) is 7.92. The number of hydrogen-bond acceptors (Lipinski definition) is 2. The van der Waals surface area contributed by atoms with Crippen LogP contribution in [0.15, 0.2) is 60.7 Å². The van der Waals surface area contributed by atoms with Crippen LogP contribution in [0.4, 0.5) is 0 Å². The lowest BCUT2D eigenvalue weighted by molar-refractivity contribution is 0.0338. The van der Waals surface area contributed by atoms with E-state index in [1.165, 1.54) is 5.56 Å². The lowest BCUT2D eigenvalue weighted by Gasteiger charge is -2.15. The maximum Gasteiger partial charge on any atom is 0.338 e. The molecule has 0 aliphatic heterocycles. The summed E-state index contributed by atoms with van der Waals surface area (Å²) in [6.45, 7) is 6.22. The van der Waals surface area contributed by atoms with Crippen molar-refractivity contribution in [3.05, 3.63) is 82.4 Å². The van der Waals surface area contributed by atoms with E-state index in [0.717, 1.165) is 22.8 Å². The van der Waals surface area contributed by atoms with Crippen molar-refractivity contribution in [2.24, 2.45) is 0 Å². The molecule has 0 bridgehead atoms. The summed E-state index contributed by atoms with van der Waals surface area (Å²) in [6, 6.07) is 19.5. The average molecular weight is 367 g/mol. The molecule has 0 saturated heterocycles. The van der Waals surface area contributed by atoms with Gasteiger partial charge in [-0.05, 0) is 60.0 Å². The summed E-state index contributed by atoms with van der Waals surface area (Å²) in [5, 5.41) is 2.73. The number of hydrogen-bond donors (Lipinski definition) is 0. The Hall–Kier alpha value is -2.32. The van der Waals surface area contributed by atoms with Crippen molar-refractivity contribution in [1.29, 1.82) is 0 Å². The van der Waals surface area contributed by atoms with Crippen LogP contribution >= 0.6 is 11.6 Å². The summed E-state index contributed by atoms with van der Waals surface area (Å²) < 4.78 is 5.66. The Morgan fingerprint density at radius 3 is 2.38 bits per heavy atom. The number of esters is 1. The first-order chi connectivity index (χ1) is 12.5. The molecule has 3 aromatic carbocycles. The van der Waals surface area contributed by atoms with Gasteiger partial charge < -0.3 is 4.74 Å². The number of ether oxygens (including phenoxy) is 1. The van der Waals surface area contributed by atoms with Gasteiger partial charge in [-0.15, -0.1) is 0 Å². The van der Waals surface area contributed by atoms with Gasteiger partial charge in [0, 0.05) is 10.4 Å². The molecule has 0 aliphatic carbocycles. The Morgan fingerprint density at radius 2 is 1.69 bits per heavy atom. The molecule has 3 rings (SSSR count). The second-order valence-corrected chi connectivity index (χ2v) is 7.11. The molecule has 0 radical (unpaired) electrons. The minimum absolute atomic E-state index is 0.313. The Kier molecular flexibility index (Phi) is 5.63. The van der Waals surface area contributed by atoms with Crippen LogP contribution < -0.4 is 0 Å². The van der Waals surface area contributed by atoms with Crippen molar-refractivity contribution >= 4 is 28.3 Å². The Morgan fingerprint density at radius 1 is 1.00 bits per heavy atom. The van der Waals surface area contributed by atoms with Crippen molar-refractivity contribution in [3.63, 3.8) is 0 Å². The van der Waals surface area contributed by atoms with E-state index in [1.54, 1.807) is 0 Å². The third-order valence-electron chi connectivity index (χ3n) is 4.93. The molecule has 0 aromatic heterocycles. The first-order valence-electron chi connectivity index (χ1n) is 8.98. The Bertz CT molecular complexity index is 915. The van der Waals surface area contributed by atoms with Crippen molar-refractivity contribution in [3.8, 4) is 0 Å². The Labute approximate surface area is 159 Å². The number of halogens is 1. The van der Waals surface area contributed by atoms with Gasteiger partial charge in [0.25, 0.3) is 0 Å². The predicted octanol–water partition coefficient (Wildman–Crippen LogP) is 6.92. The highest BCUT2D eigenvalue weighted by atomic mass is 35.5. The molecule has 0 spiro atoms. The van der Waals surface area contributed by atoms with Crippen LogP contribution in [0.3, 0.4) is 0 Å². The normalized spacial score (nSPS) is 13.4. The van der Waals surface area contributed by atoms with E-state index in [2.05, 4.69) is 13.8 Å². The highest BCUT2D eigenvalue weighted by Gasteiger charge is 2.15. The molecule has 2 nitrogen and oxygen atoms in total. The molecule has 134 valence electrons. The molecule has 0 amide bonds. The fourth-order valence-corrected chi connectivity index (χ4v) is 3.22. The van der Waals surface area contributed by atoms with E-state index < -0.39 is 0 Å². The zero-order valence-electron chi connectivity index (χ0n) is 15.3. The van der Waals surface area contributed by atoms with E-state index in [1.807, 2.05) is 67.6 Å². The predicted molar refractivity (Wildman–Crippen MR) is 108 cm³/mol. The number of benzene rings is 3. The highest BCUT2D eigenvalue weighted by molar-refractivity contribution is 6.35. The van der Waals surface area contributed by atoms with Gasteiger partial charge in [0.2, 0.25) is 0 Å². The summed E-state index contributed by atoms with van der Waals surface area (Å²) in [5.74, 6) is 0.175. The molecule has 0 N–H and O–H groups in total. The maximum absolute atomic E-state index is 12.5. The van der Waals surface area contributed by atoms with Crippen LogP contribution in [0.1, 0.15) is 60.7 Å². The molecular formula is C23H23ClO2. The summed E-state index contributed by atoms with van der Waals surface area (Å²) in [4.78, 5) is 12.5. The number of rotatable bonds is 5. The van der Waals surface area contributed by atoms with Crippen LogP contribution in [0.2, 0.25) is 5.02 Å². The zero-order valence-corrected chi connectivity index (χ0v) is 16.1. The van der Waals surface area contributed by atoms with Crippen molar-refractivity contribution in [2.75, 3.05) is 0 Å². The summed E-state index contributed by atoms with van der Waals surface area (Å²) >= 11 is 6.28. The summed E-state index contributed by atoms with van der Waals surface area (Å²) in [7, 11) is 0. The van der Waals surface area contributed by atoms with Crippen molar-refractivity contribution in [2.45, 2.75) is 39.2 Å². The van der Waals surface area contributed by atoms with Crippen LogP contribution in [0.25, 0.3) is 10.8 Å². The quantitative estimate of drug-likeness (QED) is 0.458. The molecule has 3 heteroatoms. The average Bonchev–Trinajstić information content (AvgIpc) is 2.67. The third-order valence-corrected chi connectivity index (χ3v) is 5.26. The highest BCUT2D eigenvalue weighted by Crippen LogP contribution is 2.28. The zero-order chi connectivity index (χ0) is 18.7. The van der Waals surface area contributed by atoms with Gasteiger partial charge in [-0.1, -0.05) is 61.8 Å². The molecule has 0 heterocycles. The van der Waals surface area contributed by atoms with Crippen LogP contribution in [0, 0.1) is 0 Å². The summed E-state index contributed by atoms with van der Waals surface area (Å²) in [5.41, 5.74) is 2.74. The van der Waals surface area contributed by atoms with Crippen molar-refractivity contribution in [1.82, 2.24) is 0 Å². The minimum Gasteiger partial charge on any atom is -0.454 e. The lowest BCUT2D eigenvalue weighted by atomic mass is 9.98. The number of carbonyl (C=O) groups is 1. The van der Waals surface area contributed by atoms with E-state index in [4.69, 9.17) is 16.3 Å². The second-order valence-electron chi connectivity index (χ2n) is 6.70. The lowest BCUT2D eigenvalue weighted by Crippen LogP contribution is -2.09.